The molecule has 0 aromatic heterocycles. The van der Waals surface area contributed by atoms with Crippen molar-refractivity contribution in [3.63, 3.8) is 0 Å². The number of benzene rings is 1. The average molecular weight is 257 g/mol. The van der Waals surface area contributed by atoms with Crippen LogP contribution in [0.4, 0.5) is 5.69 Å². The zero-order valence-corrected chi connectivity index (χ0v) is 10.3. The Kier molecular flexibility index (Phi) is 3.15. The third-order valence-electron chi connectivity index (χ3n) is 2.38. The van der Waals surface area contributed by atoms with E-state index in [1.54, 1.807) is 6.07 Å². The summed E-state index contributed by atoms with van der Waals surface area (Å²) in [5, 5.41) is 9.46. The van der Waals surface area contributed by atoms with Gasteiger partial charge >= 0.3 is 0 Å². The van der Waals surface area contributed by atoms with Crippen LogP contribution in [-0.4, -0.2) is 26.4 Å². The molecule has 0 saturated heterocycles. The molecule has 1 aromatic carbocycles. The number of phenols is 1. The fraction of sp³-hybridized carbons (Fsp3) is 0.455. The third kappa shape index (κ3) is 4.14. The van der Waals surface area contributed by atoms with Crippen LogP contribution in [0.2, 0.25) is 0 Å². The van der Waals surface area contributed by atoms with Gasteiger partial charge in [-0.05, 0) is 18.8 Å². The van der Waals surface area contributed by atoms with Crippen LogP contribution < -0.4 is 9.46 Å². The maximum Gasteiger partial charge on any atom is 0.229 e. The zero-order valence-electron chi connectivity index (χ0n) is 9.51. The highest BCUT2D eigenvalue weighted by atomic mass is 32.2. The van der Waals surface area contributed by atoms with Crippen molar-refractivity contribution in [3.8, 4) is 11.5 Å². The van der Waals surface area contributed by atoms with Gasteiger partial charge < -0.3 is 9.84 Å². The third-order valence-corrected chi connectivity index (χ3v) is 2.98. The molecular formula is C11H15NO4S. The highest BCUT2D eigenvalue weighted by Gasteiger charge is 2.22. The number of rotatable bonds is 5. The Morgan fingerprint density at radius 2 is 2.12 bits per heavy atom. The lowest BCUT2D eigenvalue weighted by atomic mass is 10.3. The summed E-state index contributed by atoms with van der Waals surface area (Å²) in [4.78, 5) is 0. The Bertz CT molecular complexity index is 508. The molecule has 94 valence electrons. The Labute approximate surface area is 100 Å². The molecule has 1 saturated carbocycles. The predicted octanol–water partition coefficient (Wildman–Crippen LogP) is 1.55. The van der Waals surface area contributed by atoms with E-state index in [1.165, 1.54) is 25.0 Å². The maximum absolute atomic E-state index is 11.1. The minimum atomic E-state index is -3.35. The first kappa shape index (κ1) is 12.0. The minimum Gasteiger partial charge on any atom is -0.508 e. The molecular weight excluding hydrogens is 242 g/mol. The van der Waals surface area contributed by atoms with E-state index >= 15 is 0 Å². The number of ether oxygens (including phenoxy) is 1. The number of hydrogen-bond donors (Lipinski definition) is 2. The number of nitrogens with one attached hydrogen (secondary N) is 1. The van der Waals surface area contributed by atoms with Gasteiger partial charge in [-0.1, -0.05) is 0 Å². The molecule has 0 atom stereocenters. The molecule has 1 fully saturated rings. The normalized spacial score (nSPS) is 15.6. The molecule has 0 heterocycles. The SMILES string of the molecule is CS(=O)(=O)Nc1cc(O)cc(OCC2CC2)c1. The summed E-state index contributed by atoms with van der Waals surface area (Å²) in [7, 11) is -3.35. The second-order valence-electron chi connectivity index (χ2n) is 4.34. The van der Waals surface area contributed by atoms with Crippen molar-refractivity contribution in [3.05, 3.63) is 18.2 Å². The van der Waals surface area contributed by atoms with Gasteiger partial charge in [0.05, 0.1) is 18.6 Å². The summed E-state index contributed by atoms with van der Waals surface area (Å²) in [6.07, 6.45) is 3.41. The standard InChI is InChI=1S/C11H15NO4S/c1-17(14,15)12-9-4-10(13)6-11(5-9)16-7-8-2-3-8/h4-6,8,12-13H,2-3,7H2,1H3. The van der Waals surface area contributed by atoms with Gasteiger partial charge in [0.15, 0.2) is 0 Å². The Morgan fingerprint density at radius 3 is 2.71 bits per heavy atom. The van der Waals surface area contributed by atoms with E-state index in [0.717, 1.165) is 6.26 Å². The largest absolute Gasteiger partial charge is 0.508 e. The van der Waals surface area contributed by atoms with Crippen molar-refractivity contribution < 1.29 is 18.3 Å². The van der Waals surface area contributed by atoms with Crippen LogP contribution in [0, 0.1) is 5.92 Å². The van der Waals surface area contributed by atoms with Crippen LogP contribution in [0.3, 0.4) is 0 Å². The zero-order chi connectivity index (χ0) is 12.5. The summed E-state index contributed by atoms with van der Waals surface area (Å²) in [6, 6.07) is 4.37. The van der Waals surface area contributed by atoms with E-state index in [4.69, 9.17) is 4.74 Å². The fourth-order valence-corrected chi connectivity index (χ4v) is 1.98. The molecule has 0 aliphatic heterocycles. The van der Waals surface area contributed by atoms with E-state index in [0.29, 0.717) is 24.0 Å². The van der Waals surface area contributed by atoms with Gasteiger partial charge in [0.2, 0.25) is 10.0 Å². The van der Waals surface area contributed by atoms with E-state index in [9.17, 15) is 13.5 Å². The van der Waals surface area contributed by atoms with Gasteiger partial charge in [-0.25, -0.2) is 8.42 Å². The molecule has 2 N–H and O–H groups in total. The molecule has 0 radical (unpaired) electrons. The molecule has 1 aliphatic rings. The van der Waals surface area contributed by atoms with Crippen molar-refractivity contribution in [2.45, 2.75) is 12.8 Å². The predicted molar refractivity (Wildman–Crippen MR) is 64.8 cm³/mol. The first-order chi connectivity index (χ1) is 7.92. The fourth-order valence-electron chi connectivity index (χ4n) is 1.44. The smallest absolute Gasteiger partial charge is 0.229 e. The Morgan fingerprint density at radius 1 is 1.41 bits per heavy atom. The van der Waals surface area contributed by atoms with E-state index in [2.05, 4.69) is 4.72 Å². The highest BCUT2D eigenvalue weighted by Crippen LogP contribution is 2.31. The summed E-state index contributed by atoms with van der Waals surface area (Å²) >= 11 is 0. The summed E-state index contributed by atoms with van der Waals surface area (Å²) in [5.41, 5.74) is 0.304. The number of aromatic hydroxyl groups is 1. The molecule has 0 unspecified atom stereocenters. The molecule has 17 heavy (non-hydrogen) atoms. The summed E-state index contributed by atoms with van der Waals surface area (Å²) in [5.74, 6) is 1.05. The molecule has 0 amide bonds. The van der Waals surface area contributed by atoms with Crippen LogP contribution in [0.1, 0.15) is 12.8 Å². The van der Waals surface area contributed by atoms with Gasteiger partial charge in [-0.15, -0.1) is 0 Å². The number of anilines is 1. The first-order valence-electron chi connectivity index (χ1n) is 5.37. The van der Waals surface area contributed by atoms with E-state index in [1.807, 2.05) is 0 Å². The molecule has 0 spiro atoms. The highest BCUT2D eigenvalue weighted by molar-refractivity contribution is 7.92. The van der Waals surface area contributed by atoms with Crippen LogP contribution >= 0.6 is 0 Å². The average Bonchev–Trinajstić information content (AvgIpc) is 2.94. The van der Waals surface area contributed by atoms with Crippen molar-refractivity contribution in [1.82, 2.24) is 0 Å². The quantitative estimate of drug-likeness (QED) is 0.839. The molecule has 5 nitrogen and oxygen atoms in total. The van der Waals surface area contributed by atoms with Gasteiger partial charge in [-0.3, -0.25) is 4.72 Å². The molecule has 6 heteroatoms. The number of phenolic OH excluding ortho intramolecular Hbond substituents is 1. The van der Waals surface area contributed by atoms with Gasteiger partial charge in [0.1, 0.15) is 11.5 Å². The van der Waals surface area contributed by atoms with Crippen molar-refractivity contribution in [2.75, 3.05) is 17.6 Å². The van der Waals surface area contributed by atoms with Gasteiger partial charge in [0, 0.05) is 18.2 Å². The minimum absolute atomic E-state index is 0.0237. The maximum atomic E-state index is 11.1. The van der Waals surface area contributed by atoms with E-state index < -0.39 is 10.0 Å². The van der Waals surface area contributed by atoms with Crippen LogP contribution in [0.5, 0.6) is 11.5 Å². The molecule has 1 aromatic rings. The van der Waals surface area contributed by atoms with Crippen molar-refractivity contribution in [2.24, 2.45) is 5.92 Å². The van der Waals surface area contributed by atoms with Crippen LogP contribution in [-0.2, 0) is 10.0 Å². The lowest BCUT2D eigenvalue weighted by molar-refractivity contribution is 0.298. The van der Waals surface area contributed by atoms with Gasteiger partial charge in [-0.2, -0.15) is 0 Å². The molecule has 0 bridgehead atoms. The second kappa shape index (κ2) is 4.44. The Balaban J connectivity index is 2.10. The van der Waals surface area contributed by atoms with E-state index in [-0.39, 0.29) is 5.75 Å². The topological polar surface area (TPSA) is 75.6 Å². The Hall–Kier alpha value is -1.43. The summed E-state index contributed by atoms with van der Waals surface area (Å²) < 4.78 is 29.9. The van der Waals surface area contributed by atoms with Crippen molar-refractivity contribution >= 4 is 15.7 Å². The van der Waals surface area contributed by atoms with Gasteiger partial charge in [0.25, 0.3) is 0 Å². The molecule has 1 aliphatic carbocycles. The lowest BCUT2D eigenvalue weighted by Crippen LogP contribution is -2.09. The summed E-state index contributed by atoms with van der Waals surface area (Å²) in [6.45, 7) is 0.613. The molecule has 2 rings (SSSR count). The number of hydrogen-bond acceptors (Lipinski definition) is 4. The monoisotopic (exact) mass is 257 g/mol. The number of sulfonamides is 1. The first-order valence-corrected chi connectivity index (χ1v) is 7.26. The lowest BCUT2D eigenvalue weighted by Gasteiger charge is -2.09. The van der Waals surface area contributed by atoms with Crippen LogP contribution in [0.25, 0.3) is 0 Å². The second-order valence-corrected chi connectivity index (χ2v) is 6.09. The van der Waals surface area contributed by atoms with Crippen molar-refractivity contribution in [1.29, 1.82) is 0 Å². The van der Waals surface area contributed by atoms with Crippen LogP contribution in [0.15, 0.2) is 18.2 Å².